The maximum atomic E-state index is 3.79. The van der Waals surface area contributed by atoms with E-state index in [1.165, 1.54) is 45.3 Å². The molecular formula is C18H37N3. The quantitative estimate of drug-likeness (QED) is 0.860. The van der Waals surface area contributed by atoms with E-state index in [-0.39, 0.29) is 0 Å². The van der Waals surface area contributed by atoms with Crippen molar-refractivity contribution in [1.82, 2.24) is 15.1 Å². The van der Waals surface area contributed by atoms with Gasteiger partial charge in [-0.15, -0.1) is 0 Å². The average molecular weight is 296 g/mol. The Labute approximate surface area is 132 Å². The zero-order chi connectivity index (χ0) is 15.4. The minimum atomic E-state index is 0.689. The van der Waals surface area contributed by atoms with Gasteiger partial charge in [0.2, 0.25) is 0 Å². The number of likely N-dealkylation sites (N-methyl/N-ethyl adjacent to an activating group) is 2. The van der Waals surface area contributed by atoms with E-state index >= 15 is 0 Å². The molecule has 0 spiro atoms. The van der Waals surface area contributed by atoms with Crippen molar-refractivity contribution in [2.45, 2.75) is 71.5 Å². The van der Waals surface area contributed by atoms with Crippen LogP contribution < -0.4 is 5.32 Å². The molecule has 1 aliphatic heterocycles. The van der Waals surface area contributed by atoms with E-state index in [0.717, 1.165) is 24.4 Å². The van der Waals surface area contributed by atoms with Crippen molar-refractivity contribution in [2.75, 3.05) is 33.2 Å². The van der Waals surface area contributed by atoms with E-state index in [1.807, 2.05) is 0 Å². The highest BCUT2D eigenvalue weighted by Gasteiger charge is 2.37. The Hall–Kier alpha value is -0.120. The summed E-state index contributed by atoms with van der Waals surface area (Å²) in [6.07, 6.45) is 5.49. The highest BCUT2D eigenvalue weighted by molar-refractivity contribution is 4.94. The summed E-state index contributed by atoms with van der Waals surface area (Å²) < 4.78 is 0. The van der Waals surface area contributed by atoms with Gasteiger partial charge < -0.3 is 10.2 Å². The van der Waals surface area contributed by atoms with Crippen LogP contribution in [0, 0.1) is 11.8 Å². The fraction of sp³-hybridized carbons (Fsp3) is 1.00. The standard InChI is InChI=1S/C18H37N3/c1-6-19-17-9-8-16(14(2)3)12-18(17)21-11-7-10-20(5)13-15(21)4/h14-19H,6-13H2,1-5H3. The summed E-state index contributed by atoms with van der Waals surface area (Å²) in [5.74, 6) is 1.75. The topological polar surface area (TPSA) is 18.5 Å². The Balaban J connectivity index is 2.09. The second-order valence-electron chi connectivity index (χ2n) is 7.75. The van der Waals surface area contributed by atoms with Crippen LogP contribution in [-0.2, 0) is 0 Å². The van der Waals surface area contributed by atoms with E-state index < -0.39 is 0 Å². The molecule has 0 aromatic rings. The van der Waals surface area contributed by atoms with Crippen LogP contribution in [0.25, 0.3) is 0 Å². The molecule has 2 rings (SSSR count). The zero-order valence-corrected chi connectivity index (χ0v) is 14.9. The average Bonchev–Trinajstić information content (AvgIpc) is 2.60. The molecule has 3 nitrogen and oxygen atoms in total. The van der Waals surface area contributed by atoms with Crippen molar-refractivity contribution in [3.63, 3.8) is 0 Å². The first-order valence-corrected chi connectivity index (χ1v) is 9.20. The van der Waals surface area contributed by atoms with E-state index in [4.69, 9.17) is 0 Å². The van der Waals surface area contributed by atoms with Gasteiger partial charge >= 0.3 is 0 Å². The largest absolute Gasteiger partial charge is 0.313 e. The second-order valence-corrected chi connectivity index (χ2v) is 7.75. The van der Waals surface area contributed by atoms with Gasteiger partial charge in [0.25, 0.3) is 0 Å². The van der Waals surface area contributed by atoms with Gasteiger partial charge in [0.1, 0.15) is 0 Å². The predicted octanol–water partition coefficient (Wildman–Crippen LogP) is 2.82. The van der Waals surface area contributed by atoms with Crippen LogP contribution in [0.15, 0.2) is 0 Å². The highest BCUT2D eigenvalue weighted by atomic mass is 15.3. The monoisotopic (exact) mass is 295 g/mol. The summed E-state index contributed by atoms with van der Waals surface area (Å²) in [5, 5.41) is 3.79. The molecule has 0 amide bonds. The van der Waals surface area contributed by atoms with Gasteiger partial charge in [-0.05, 0) is 64.6 Å². The molecule has 1 N–H and O–H groups in total. The molecule has 0 aromatic heterocycles. The Bertz CT molecular complexity index is 305. The van der Waals surface area contributed by atoms with Gasteiger partial charge in [0, 0.05) is 31.2 Å². The maximum Gasteiger partial charge on any atom is 0.0255 e. The first-order valence-electron chi connectivity index (χ1n) is 9.20. The summed E-state index contributed by atoms with van der Waals surface area (Å²) >= 11 is 0. The minimum Gasteiger partial charge on any atom is -0.313 e. The molecule has 1 saturated heterocycles. The number of hydrogen-bond donors (Lipinski definition) is 1. The van der Waals surface area contributed by atoms with Gasteiger partial charge in [-0.2, -0.15) is 0 Å². The van der Waals surface area contributed by atoms with Crippen molar-refractivity contribution in [1.29, 1.82) is 0 Å². The van der Waals surface area contributed by atoms with Crippen molar-refractivity contribution < 1.29 is 0 Å². The smallest absolute Gasteiger partial charge is 0.0255 e. The summed E-state index contributed by atoms with van der Waals surface area (Å²) in [6.45, 7) is 14.4. The lowest BCUT2D eigenvalue weighted by Crippen LogP contribution is -2.57. The van der Waals surface area contributed by atoms with Gasteiger partial charge in [-0.3, -0.25) is 4.90 Å². The summed E-state index contributed by atoms with van der Waals surface area (Å²) in [5.41, 5.74) is 0. The molecule has 1 saturated carbocycles. The van der Waals surface area contributed by atoms with Crippen LogP contribution >= 0.6 is 0 Å². The fourth-order valence-electron chi connectivity index (χ4n) is 4.53. The molecule has 1 aliphatic carbocycles. The van der Waals surface area contributed by atoms with Gasteiger partial charge in [-0.1, -0.05) is 20.8 Å². The van der Waals surface area contributed by atoms with Crippen LogP contribution in [0.2, 0.25) is 0 Å². The molecule has 0 bridgehead atoms. The van der Waals surface area contributed by atoms with E-state index in [2.05, 4.69) is 49.9 Å². The third kappa shape index (κ3) is 4.43. The maximum absolute atomic E-state index is 3.79. The van der Waals surface area contributed by atoms with Crippen LogP contribution in [0.4, 0.5) is 0 Å². The molecule has 2 aliphatic rings. The molecule has 4 unspecified atom stereocenters. The van der Waals surface area contributed by atoms with Crippen LogP contribution in [0.1, 0.15) is 53.4 Å². The Morgan fingerprint density at radius 1 is 1.19 bits per heavy atom. The zero-order valence-electron chi connectivity index (χ0n) is 14.9. The minimum absolute atomic E-state index is 0.689. The molecule has 4 atom stereocenters. The van der Waals surface area contributed by atoms with Crippen LogP contribution in [-0.4, -0.2) is 61.2 Å². The third-order valence-corrected chi connectivity index (χ3v) is 5.79. The van der Waals surface area contributed by atoms with E-state index in [0.29, 0.717) is 12.1 Å². The van der Waals surface area contributed by atoms with Crippen molar-refractivity contribution in [3.05, 3.63) is 0 Å². The first-order chi connectivity index (χ1) is 10.0. The third-order valence-electron chi connectivity index (χ3n) is 5.79. The summed E-state index contributed by atoms with van der Waals surface area (Å²) in [7, 11) is 2.28. The lowest BCUT2D eigenvalue weighted by atomic mass is 9.76. The Morgan fingerprint density at radius 3 is 2.62 bits per heavy atom. The molecule has 0 aromatic carbocycles. The SMILES string of the molecule is CCNC1CCC(C(C)C)CC1N1CCCN(C)CC1C. The lowest BCUT2D eigenvalue weighted by molar-refractivity contribution is 0.0573. The van der Waals surface area contributed by atoms with E-state index in [1.54, 1.807) is 0 Å². The normalized spacial score (nSPS) is 36.9. The Morgan fingerprint density at radius 2 is 1.95 bits per heavy atom. The van der Waals surface area contributed by atoms with Crippen molar-refractivity contribution >= 4 is 0 Å². The van der Waals surface area contributed by atoms with Crippen LogP contribution in [0.3, 0.4) is 0 Å². The highest BCUT2D eigenvalue weighted by Crippen LogP contribution is 2.34. The molecule has 2 fully saturated rings. The van der Waals surface area contributed by atoms with Crippen LogP contribution in [0.5, 0.6) is 0 Å². The molecule has 21 heavy (non-hydrogen) atoms. The first kappa shape index (κ1) is 17.2. The van der Waals surface area contributed by atoms with Crippen molar-refractivity contribution in [2.24, 2.45) is 11.8 Å². The molecule has 1 heterocycles. The van der Waals surface area contributed by atoms with Gasteiger partial charge in [0.05, 0.1) is 0 Å². The number of rotatable bonds is 4. The fourth-order valence-corrected chi connectivity index (χ4v) is 4.53. The van der Waals surface area contributed by atoms with Crippen molar-refractivity contribution in [3.8, 4) is 0 Å². The second kappa shape index (κ2) is 7.94. The van der Waals surface area contributed by atoms with Gasteiger partial charge in [-0.25, -0.2) is 0 Å². The molecule has 0 radical (unpaired) electrons. The van der Waals surface area contributed by atoms with Gasteiger partial charge in [0.15, 0.2) is 0 Å². The Kier molecular flexibility index (Phi) is 6.51. The number of nitrogens with one attached hydrogen (secondary N) is 1. The summed E-state index contributed by atoms with van der Waals surface area (Å²) in [6, 6.07) is 2.14. The lowest BCUT2D eigenvalue weighted by Gasteiger charge is -2.46. The summed E-state index contributed by atoms with van der Waals surface area (Å²) in [4.78, 5) is 5.35. The molecular weight excluding hydrogens is 258 g/mol. The molecule has 3 heteroatoms. The molecule has 124 valence electrons. The number of hydrogen-bond acceptors (Lipinski definition) is 3. The number of nitrogens with zero attached hydrogens (tertiary/aromatic N) is 2. The predicted molar refractivity (Wildman–Crippen MR) is 91.7 cm³/mol. The van der Waals surface area contributed by atoms with E-state index in [9.17, 15) is 0 Å².